The summed E-state index contributed by atoms with van der Waals surface area (Å²) in [5.74, 6) is -2.45. The van der Waals surface area contributed by atoms with Gasteiger partial charge in [0.1, 0.15) is 11.3 Å². The number of carboxylic acids is 1. The van der Waals surface area contributed by atoms with Crippen molar-refractivity contribution < 1.29 is 28.2 Å². The van der Waals surface area contributed by atoms with Crippen molar-refractivity contribution in [3.8, 4) is 28.0 Å². The van der Waals surface area contributed by atoms with Crippen LogP contribution in [0.2, 0.25) is 0 Å². The maximum absolute atomic E-state index is 13.6. The molecule has 0 spiro atoms. The molecule has 222 valence electrons. The number of carbonyl (C=O) groups is 2. The van der Waals surface area contributed by atoms with Crippen LogP contribution >= 0.6 is 0 Å². The second-order valence-corrected chi connectivity index (χ2v) is 11.9. The Labute approximate surface area is 255 Å². The Kier molecular flexibility index (Phi) is 8.84. The Morgan fingerprint density at radius 2 is 1.55 bits per heavy atom. The van der Waals surface area contributed by atoms with Gasteiger partial charge in [-0.15, -0.1) is 0 Å². The van der Waals surface area contributed by atoms with Crippen LogP contribution in [0.1, 0.15) is 21.5 Å². The van der Waals surface area contributed by atoms with E-state index >= 15 is 0 Å². The third-order valence-corrected chi connectivity index (χ3v) is 8.51. The van der Waals surface area contributed by atoms with Crippen LogP contribution < -0.4 is 9.62 Å². The summed E-state index contributed by atoms with van der Waals surface area (Å²) in [6.07, 6.45) is 3.34. The maximum atomic E-state index is 13.6. The molecule has 44 heavy (non-hydrogen) atoms. The quantitative estimate of drug-likeness (QED) is 0.187. The van der Waals surface area contributed by atoms with Gasteiger partial charge in [0.25, 0.3) is 0 Å². The number of sulfonamides is 1. The monoisotopic (exact) mass is 607 g/mol. The van der Waals surface area contributed by atoms with Crippen LogP contribution in [0.25, 0.3) is 22.3 Å². The molecule has 0 unspecified atom stereocenters. The number of nitrogens with zero attached hydrogens (tertiary/aromatic N) is 2. The first-order valence-electron chi connectivity index (χ1n) is 13.6. The molecule has 0 bridgehead atoms. The predicted octanol–water partition coefficient (Wildman–Crippen LogP) is 5.64. The first kappa shape index (κ1) is 30.1. The van der Waals surface area contributed by atoms with Crippen LogP contribution in [0.3, 0.4) is 0 Å². The van der Waals surface area contributed by atoms with Gasteiger partial charge in [-0.05, 0) is 88.8 Å². The normalized spacial score (nSPS) is 11.2. The Morgan fingerprint density at radius 1 is 0.818 bits per heavy atom. The van der Waals surface area contributed by atoms with Crippen molar-refractivity contribution in [2.24, 2.45) is 0 Å². The predicted molar refractivity (Wildman–Crippen MR) is 168 cm³/mol. The molecule has 1 amide bonds. The first-order chi connectivity index (χ1) is 21.1. The van der Waals surface area contributed by atoms with E-state index in [0.29, 0.717) is 5.56 Å². The van der Waals surface area contributed by atoms with Crippen molar-refractivity contribution in [2.75, 3.05) is 11.4 Å². The third-order valence-electron chi connectivity index (χ3n) is 7.11. The molecule has 5 aromatic rings. The Hall–Kier alpha value is -5.32. The van der Waals surface area contributed by atoms with Gasteiger partial charge in [0.15, 0.2) is 0 Å². The lowest BCUT2D eigenvalue weighted by Gasteiger charge is -2.24. The summed E-state index contributed by atoms with van der Waals surface area (Å²) in [6, 6.07) is 29.3. The van der Waals surface area contributed by atoms with Gasteiger partial charge < -0.3 is 15.1 Å². The fourth-order valence-electron chi connectivity index (χ4n) is 4.84. The van der Waals surface area contributed by atoms with E-state index in [0.717, 1.165) is 27.8 Å². The number of pyridine rings is 1. The highest BCUT2D eigenvalue weighted by molar-refractivity contribution is 7.89. The van der Waals surface area contributed by atoms with Crippen LogP contribution in [-0.2, 0) is 21.4 Å². The molecule has 1 heterocycles. The summed E-state index contributed by atoms with van der Waals surface area (Å²) < 4.78 is 28.9. The van der Waals surface area contributed by atoms with Gasteiger partial charge in [0.05, 0.1) is 18.0 Å². The number of phenols is 1. The van der Waals surface area contributed by atoms with Gasteiger partial charge in [-0.3, -0.25) is 9.78 Å². The number of carbonyl (C=O) groups excluding carboxylic acids is 1. The lowest BCUT2D eigenvalue weighted by atomic mass is 10.0. The molecule has 0 fully saturated rings. The molecule has 10 heteroatoms. The van der Waals surface area contributed by atoms with Crippen LogP contribution in [0.5, 0.6) is 5.75 Å². The Balaban J connectivity index is 1.41. The average Bonchev–Trinajstić information content (AvgIpc) is 3.03. The molecule has 3 N–H and O–H groups in total. The summed E-state index contributed by atoms with van der Waals surface area (Å²) in [4.78, 5) is 30.7. The van der Waals surface area contributed by atoms with Crippen molar-refractivity contribution in [3.05, 3.63) is 132 Å². The third kappa shape index (κ3) is 6.83. The summed E-state index contributed by atoms with van der Waals surface area (Å²) in [7, 11) is -4.07. The first-order valence-corrected chi connectivity index (χ1v) is 15.1. The van der Waals surface area contributed by atoms with Gasteiger partial charge >= 0.3 is 5.97 Å². The number of rotatable bonds is 10. The molecule has 0 aliphatic heterocycles. The number of anilines is 1. The number of aromatic nitrogens is 1. The van der Waals surface area contributed by atoms with E-state index in [2.05, 4.69) is 9.71 Å². The molecule has 0 saturated carbocycles. The van der Waals surface area contributed by atoms with E-state index in [-0.39, 0.29) is 22.7 Å². The number of hydrogen-bond donors (Lipinski definition) is 3. The van der Waals surface area contributed by atoms with E-state index < -0.39 is 34.2 Å². The van der Waals surface area contributed by atoms with Gasteiger partial charge in [0, 0.05) is 18.1 Å². The molecular formula is C34H29N3O6S. The number of benzene rings is 4. The number of aromatic hydroxyl groups is 1. The van der Waals surface area contributed by atoms with Crippen LogP contribution in [0, 0.1) is 6.92 Å². The number of amides is 1. The molecule has 5 rings (SSSR count). The molecule has 4 aromatic carbocycles. The zero-order chi connectivity index (χ0) is 31.3. The van der Waals surface area contributed by atoms with Crippen LogP contribution in [0.15, 0.2) is 120 Å². The second kappa shape index (κ2) is 12.9. The number of aryl methyl sites for hydroxylation is 1. The van der Waals surface area contributed by atoms with Gasteiger partial charge in [0.2, 0.25) is 15.9 Å². The summed E-state index contributed by atoms with van der Waals surface area (Å²) in [6.45, 7) is 1.24. The van der Waals surface area contributed by atoms with Crippen molar-refractivity contribution in [2.45, 2.75) is 18.4 Å². The smallest absolute Gasteiger partial charge is 0.339 e. The highest BCUT2D eigenvalue weighted by Gasteiger charge is 2.23. The molecule has 0 radical (unpaired) electrons. The van der Waals surface area contributed by atoms with Gasteiger partial charge in [-0.2, -0.15) is 0 Å². The molecule has 1 aromatic heterocycles. The molecule has 0 saturated heterocycles. The number of carboxylic acid groups (broad SMARTS) is 1. The SMILES string of the molecule is Cc1cc(S(=O)(=O)NCC(=O)N(Cc2cccc(-c3ccncc3)c2)c2ccc(O)c(C(=O)O)c2)ccc1-c1ccccc1. The fraction of sp³-hybridized carbons (Fsp3) is 0.0882. The number of nitrogens with one attached hydrogen (secondary N) is 1. The van der Waals surface area contributed by atoms with Gasteiger partial charge in [-0.25, -0.2) is 17.9 Å². The minimum Gasteiger partial charge on any atom is -0.507 e. The minimum atomic E-state index is -4.07. The van der Waals surface area contributed by atoms with Gasteiger partial charge in [-0.1, -0.05) is 54.6 Å². The Morgan fingerprint density at radius 3 is 2.25 bits per heavy atom. The molecule has 0 aliphatic carbocycles. The van der Waals surface area contributed by atoms with Crippen LogP contribution in [0.4, 0.5) is 5.69 Å². The largest absolute Gasteiger partial charge is 0.507 e. The fourth-order valence-corrected chi connectivity index (χ4v) is 5.90. The van der Waals surface area contributed by atoms with Crippen molar-refractivity contribution >= 4 is 27.6 Å². The number of hydrogen-bond acceptors (Lipinski definition) is 6. The zero-order valence-corrected chi connectivity index (χ0v) is 24.5. The van der Waals surface area contributed by atoms with Crippen molar-refractivity contribution in [3.63, 3.8) is 0 Å². The summed E-state index contributed by atoms with van der Waals surface area (Å²) >= 11 is 0. The highest BCUT2D eigenvalue weighted by Crippen LogP contribution is 2.28. The van der Waals surface area contributed by atoms with Crippen molar-refractivity contribution in [1.29, 1.82) is 0 Å². The average molecular weight is 608 g/mol. The lowest BCUT2D eigenvalue weighted by Crippen LogP contribution is -2.40. The van der Waals surface area contributed by atoms with E-state index in [4.69, 9.17) is 0 Å². The standard InChI is InChI=1S/C34H29N3O6S/c1-23-18-29(11-12-30(23)26-7-3-2-4-8-26)44(42,43)36-21-33(39)37(28-10-13-32(38)31(20-28)34(40)41)22-24-6-5-9-27(19-24)25-14-16-35-17-15-25/h2-20,36,38H,21-22H2,1H3,(H,40,41). The van der Waals surface area contributed by atoms with Crippen molar-refractivity contribution in [1.82, 2.24) is 9.71 Å². The topological polar surface area (TPSA) is 137 Å². The summed E-state index contributed by atoms with van der Waals surface area (Å²) in [5.41, 5.74) is 4.90. The second-order valence-electron chi connectivity index (χ2n) is 10.1. The summed E-state index contributed by atoms with van der Waals surface area (Å²) in [5, 5.41) is 19.6. The lowest BCUT2D eigenvalue weighted by molar-refractivity contribution is -0.117. The van der Waals surface area contributed by atoms with E-state index in [1.807, 2.05) is 73.7 Å². The Bertz CT molecular complexity index is 1930. The van der Waals surface area contributed by atoms with E-state index in [9.17, 15) is 28.2 Å². The van der Waals surface area contributed by atoms with Crippen LogP contribution in [-0.4, -0.2) is 42.0 Å². The molecular weight excluding hydrogens is 578 g/mol. The molecule has 0 aliphatic rings. The molecule has 0 atom stereocenters. The number of aromatic carboxylic acids is 1. The highest BCUT2D eigenvalue weighted by atomic mass is 32.2. The van der Waals surface area contributed by atoms with E-state index in [1.165, 1.54) is 29.2 Å². The zero-order valence-electron chi connectivity index (χ0n) is 23.7. The maximum Gasteiger partial charge on any atom is 0.339 e. The molecule has 9 nitrogen and oxygen atoms in total. The van der Waals surface area contributed by atoms with E-state index in [1.54, 1.807) is 24.5 Å². The minimum absolute atomic E-state index is 0.00813.